The second-order valence-electron chi connectivity index (χ2n) is 11.2. The molecule has 3 amide bonds. The van der Waals surface area contributed by atoms with Crippen molar-refractivity contribution in [3.8, 4) is 5.75 Å². The number of aromatic nitrogens is 4. The first-order valence-corrected chi connectivity index (χ1v) is 15.4. The second kappa shape index (κ2) is 14.0. The predicted octanol–water partition coefficient (Wildman–Crippen LogP) is 5.31. The van der Waals surface area contributed by atoms with Crippen molar-refractivity contribution in [3.63, 3.8) is 0 Å². The Morgan fingerprint density at radius 2 is 1.65 bits per heavy atom. The Morgan fingerprint density at radius 3 is 2.37 bits per heavy atom. The molecule has 234 valence electrons. The van der Waals surface area contributed by atoms with Gasteiger partial charge in [-0.25, -0.2) is 4.68 Å². The molecule has 46 heavy (non-hydrogen) atoms. The van der Waals surface area contributed by atoms with Crippen LogP contribution in [0.25, 0.3) is 11.0 Å². The Balaban J connectivity index is 1.37. The SMILES string of the molecule is COc1ccc([C@@H](C(=O)NC2CCCCC2)N(C(=O)Cn2nnc3ccccc32)c2ccc(NC(=O)c3ccccn3)cc2)cc1. The molecule has 11 heteroatoms. The molecule has 0 spiro atoms. The third-order valence-electron chi connectivity index (χ3n) is 8.16. The van der Waals surface area contributed by atoms with Crippen molar-refractivity contribution < 1.29 is 19.1 Å². The molecule has 0 unspecified atom stereocenters. The molecule has 5 aromatic rings. The number of rotatable bonds is 10. The summed E-state index contributed by atoms with van der Waals surface area (Å²) in [6, 6.07) is 25.5. The summed E-state index contributed by atoms with van der Waals surface area (Å²) in [6.07, 6.45) is 6.58. The minimum Gasteiger partial charge on any atom is -0.497 e. The molecular formula is C35H35N7O4. The van der Waals surface area contributed by atoms with Gasteiger partial charge in [0.05, 0.1) is 12.6 Å². The number of anilines is 2. The van der Waals surface area contributed by atoms with Gasteiger partial charge in [-0.3, -0.25) is 24.3 Å². The lowest BCUT2D eigenvalue weighted by atomic mass is 9.94. The Morgan fingerprint density at radius 1 is 0.913 bits per heavy atom. The molecule has 1 saturated carbocycles. The average Bonchev–Trinajstić information content (AvgIpc) is 3.51. The number of benzene rings is 3. The number of para-hydroxylation sites is 1. The van der Waals surface area contributed by atoms with E-state index < -0.39 is 6.04 Å². The van der Waals surface area contributed by atoms with Crippen LogP contribution in [0.2, 0.25) is 0 Å². The zero-order valence-electron chi connectivity index (χ0n) is 25.5. The normalized spacial score (nSPS) is 13.9. The van der Waals surface area contributed by atoms with E-state index in [2.05, 4.69) is 25.9 Å². The number of carbonyl (C=O) groups excluding carboxylic acids is 3. The molecule has 0 saturated heterocycles. The third kappa shape index (κ3) is 6.88. The summed E-state index contributed by atoms with van der Waals surface area (Å²) in [5.41, 5.74) is 3.26. The quantitative estimate of drug-likeness (QED) is 0.217. The van der Waals surface area contributed by atoms with E-state index in [0.717, 1.165) is 32.1 Å². The lowest BCUT2D eigenvalue weighted by Crippen LogP contribution is -2.48. The van der Waals surface area contributed by atoms with Gasteiger partial charge < -0.3 is 15.4 Å². The summed E-state index contributed by atoms with van der Waals surface area (Å²) in [5, 5.41) is 14.5. The van der Waals surface area contributed by atoms with Gasteiger partial charge >= 0.3 is 0 Å². The first-order chi connectivity index (χ1) is 22.5. The Labute approximate surface area is 266 Å². The number of amides is 3. The highest BCUT2D eigenvalue weighted by Gasteiger charge is 2.34. The zero-order valence-corrected chi connectivity index (χ0v) is 25.5. The van der Waals surface area contributed by atoms with Crippen LogP contribution in [0.15, 0.2) is 97.2 Å². The van der Waals surface area contributed by atoms with Crippen molar-refractivity contribution in [2.75, 3.05) is 17.3 Å². The van der Waals surface area contributed by atoms with E-state index in [4.69, 9.17) is 4.74 Å². The minimum atomic E-state index is -0.996. The maximum Gasteiger partial charge on any atom is 0.274 e. The maximum atomic E-state index is 14.4. The van der Waals surface area contributed by atoms with Gasteiger partial charge in [-0.1, -0.05) is 54.8 Å². The number of hydrogen-bond donors (Lipinski definition) is 2. The van der Waals surface area contributed by atoms with Crippen LogP contribution in [0.5, 0.6) is 5.75 Å². The first kappa shape index (κ1) is 30.4. The fourth-order valence-electron chi connectivity index (χ4n) is 5.80. The molecule has 0 bridgehead atoms. The van der Waals surface area contributed by atoms with Crippen LogP contribution < -0.4 is 20.3 Å². The highest BCUT2D eigenvalue weighted by atomic mass is 16.5. The molecule has 1 aliphatic rings. The second-order valence-corrected chi connectivity index (χ2v) is 11.2. The van der Waals surface area contributed by atoms with Crippen LogP contribution in [0.3, 0.4) is 0 Å². The van der Waals surface area contributed by atoms with Gasteiger partial charge in [0, 0.05) is 23.6 Å². The van der Waals surface area contributed by atoms with Crippen molar-refractivity contribution in [2.24, 2.45) is 0 Å². The van der Waals surface area contributed by atoms with E-state index >= 15 is 0 Å². The van der Waals surface area contributed by atoms with E-state index in [9.17, 15) is 14.4 Å². The average molecular weight is 618 g/mol. The number of pyridine rings is 1. The molecule has 1 aliphatic carbocycles. The van der Waals surface area contributed by atoms with E-state index in [1.54, 1.807) is 80.0 Å². The van der Waals surface area contributed by atoms with E-state index in [0.29, 0.717) is 33.7 Å². The van der Waals surface area contributed by atoms with Gasteiger partial charge in [0.25, 0.3) is 5.91 Å². The fourth-order valence-corrected chi connectivity index (χ4v) is 5.80. The third-order valence-corrected chi connectivity index (χ3v) is 8.16. The number of hydrogen-bond acceptors (Lipinski definition) is 7. The van der Waals surface area contributed by atoms with E-state index in [1.165, 1.54) is 9.58 Å². The number of nitrogens with one attached hydrogen (secondary N) is 2. The maximum absolute atomic E-state index is 14.4. The lowest BCUT2D eigenvalue weighted by Gasteiger charge is -2.33. The molecule has 3 aromatic carbocycles. The van der Waals surface area contributed by atoms with Crippen LogP contribution in [0.1, 0.15) is 54.2 Å². The van der Waals surface area contributed by atoms with Crippen molar-refractivity contribution in [3.05, 3.63) is 108 Å². The van der Waals surface area contributed by atoms with Crippen molar-refractivity contribution >= 4 is 40.1 Å². The highest BCUT2D eigenvalue weighted by molar-refractivity contribution is 6.04. The van der Waals surface area contributed by atoms with Gasteiger partial charge in [-0.05, 0) is 79.1 Å². The zero-order chi connectivity index (χ0) is 31.9. The standard InChI is InChI=1S/C35H35N7O4/c1-46-28-20-14-24(15-21-28)33(35(45)38-25-9-3-2-4-10-25)42(32(43)23-41-31-13-6-5-11-29(31)39-40-41)27-18-16-26(17-19-27)37-34(44)30-12-7-8-22-36-30/h5-8,11-22,25,33H,2-4,9-10,23H2,1H3,(H,37,44)(H,38,45)/t33-/m0/s1. The smallest absolute Gasteiger partial charge is 0.274 e. The fraction of sp³-hybridized carbons (Fsp3) is 0.257. The van der Waals surface area contributed by atoms with Crippen molar-refractivity contribution in [1.82, 2.24) is 25.3 Å². The van der Waals surface area contributed by atoms with Crippen LogP contribution >= 0.6 is 0 Å². The topological polar surface area (TPSA) is 131 Å². The summed E-state index contributed by atoms with van der Waals surface area (Å²) in [6.45, 7) is -0.151. The van der Waals surface area contributed by atoms with E-state index in [-0.39, 0.29) is 36.0 Å². The predicted molar refractivity (Wildman–Crippen MR) is 174 cm³/mol. The van der Waals surface area contributed by atoms with Crippen LogP contribution in [0.4, 0.5) is 11.4 Å². The Bertz CT molecular complexity index is 1800. The summed E-state index contributed by atoms with van der Waals surface area (Å²) in [5.74, 6) is -0.362. The molecule has 0 aliphatic heterocycles. The number of ether oxygens (including phenoxy) is 1. The van der Waals surface area contributed by atoms with Gasteiger partial charge in [-0.15, -0.1) is 5.10 Å². The molecular weight excluding hydrogens is 582 g/mol. The number of nitrogens with zero attached hydrogens (tertiary/aromatic N) is 5. The van der Waals surface area contributed by atoms with Gasteiger partial charge in [0.1, 0.15) is 29.5 Å². The molecule has 2 aromatic heterocycles. The van der Waals surface area contributed by atoms with Crippen molar-refractivity contribution in [2.45, 2.75) is 50.7 Å². The Hall–Kier alpha value is -5.58. The molecule has 6 rings (SSSR count). The van der Waals surface area contributed by atoms with Crippen LogP contribution in [0, 0.1) is 0 Å². The lowest BCUT2D eigenvalue weighted by molar-refractivity contribution is -0.127. The number of fused-ring (bicyclic) bond motifs is 1. The molecule has 11 nitrogen and oxygen atoms in total. The summed E-state index contributed by atoms with van der Waals surface area (Å²) >= 11 is 0. The molecule has 2 N–H and O–H groups in total. The number of carbonyl (C=O) groups is 3. The van der Waals surface area contributed by atoms with Crippen molar-refractivity contribution in [1.29, 1.82) is 0 Å². The van der Waals surface area contributed by atoms with E-state index in [1.807, 2.05) is 24.3 Å². The summed E-state index contributed by atoms with van der Waals surface area (Å²) in [4.78, 5) is 47.0. The largest absolute Gasteiger partial charge is 0.497 e. The van der Waals surface area contributed by atoms with Gasteiger partial charge in [0.2, 0.25) is 11.8 Å². The highest BCUT2D eigenvalue weighted by Crippen LogP contribution is 2.32. The van der Waals surface area contributed by atoms with Gasteiger partial charge in [0.15, 0.2) is 0 Å². The minimum absolute atomic E-state index is 0.0300. The molecule has 0 radical (unpaired) electrons. The molecule has 2 heterocycles. The van der Waals surface area contributed by atoms with Gasteiger partial charge in [-0.2, -0.15) is 0 Å². The summed E-state index contributed by atoms with van der Waals surface area (Å²) < 4.78 is 6.91. The monoisotopic (exact) mass is 617 g/mol. The first-order valence-electron chi connectivity index (χ1n) is 15.4. The number of methoxy groups -OCH3 is 1. The molecule has 1 fully saturated rings. The Kier molecular flexibility index (Phi) is 9.28. The summed E-state index contributed by atoms with van der Waals surface area (Å²) in [7, 11) is 1.58. The van der Waals surface area contributed by atoms with Crippen LogP contribution in [-0.2, 0) is 16.1 Å². The molecule has 1 atom stereocenters. The van der Waals surface area contributed by atoms with Crippen LogP contribution in [-0.4, -0.2) is 50.9 Å².